The Kier molecular flexibility index (Phi) is 5.92. The second-order valence-corrected chi connectivity index (χ2v) is 7.23. The van der Waals surface area contributed by atoms with Crippen LogP contribution in [0.2, 0.25) is 0 Å². The van der Waals surface area contributed by atoms with Gasteiger partial charge in [0.2, 0.25) is 0 Å². The number of likely N-dealkylation sites (tertiary alicyclic amines) is 1. The first kappa shape index (κ1) is 20.3. The van der Waals surface area contributed by atoms with Crippen molar-refractivity contribution in [1.82, 2.24) is 9.88 Å². The fourth-order valence-corrected chi connectivity index (χ4v) is 3.96. The molecule has 0 spiro atoms. The third-order valence-electron chi connectivity index (χ3n) is 5.39. The monoisotopic (exact) mass is 391 g/mol. The highest BCUT2D eigenvalue weighted by molar-refractivity contribution is 5.49. The van der Waals surface area contributed by atoms with Gasteiger partial charge in [0.25, 0.3) is 0 Å². The van der Waals surface area contributed by atoms with Crippen molar-refractivity contribution in [3.63, 3.8) is 0 Å². The van der Waals surface area contributed by atoms with Gasteiger partial charge in [0, 0.05) is 32.4 Å². The van der Waals surface area contributed by atoms with Crippen LogP contribution in [0.25, 0.3) is 0 Å². The molecular formula is C17H24F3N3O4. The molecule has 0 amide bonds. The molecular weight excluding hydrogens is 367 g/mol. The van der Waals surface area contributed by atoms with Gasteiger partial charge in [-0.05, 0) is 24.5 Å². The zero-order valence-corrected chi connectivity index (χ0v) is 14.6. The molecule has 2 aliphatic rings. The third kappa shape index (κ3) is 4.19. The van der Waals surface area contributed by atoms with Gasteiger partial charge in [0.05, 0.1) is 24.3 Å². The van der Waals surface area contributed by atoms with Crippen LogP contribution >= 0.6 is 0 Å². The van der Waals surface area contributed by atoms with Gasteiger partial charge in [-0.2, -0.15) is 13.2 Å². The number of anilines is 1. The molecule has 152 valence electrons. The maximum absolute atomic E-state index is 13.2. The lowest BCUT2D eigenvalue weighted by atomic mass is 9.93. The van der Waals surface area contributed by atoms with E-state index in [0.717, 1.165) is 6.07 Å². The van der Waals surface area contributed by atoms with Crippen LogP contribution in [0.1, 0.15) is 12.0 Å². The SMILES string of the molecule is OCC1C(O)C(O)C(O)CN1C[C@@H]1CCN(c2ncccc2C(F)(F)F)C1. The Bertz CT molecular complexity index is 648. The smallest absolute Gasteiger partial charge is 0.395 e. The topological polar surface area (TPSA) is 100 Å². The molecule has 0 bridgehead atoms. The van der Waals surface area contributed by atoms with Crippen LogP contribution < -0.4 is 4.90 Å². The number of β-amino-alcohol motifs (C(OH)–C–C–N with tert-alkyl or cyclic N) is 1. The summed E-state index contributed by atoms with van der Waals surface area (Å²) in [7, 11) is 0. The Hall–Kier alpha value is -1.46. The number of hydrogen-bond acceptors (Lipinski definition) is 7. The number of piperidine rings is 1. The summed E-state index contributed by atoms with van der Waals surface area (Å²) in [6, 6.07) is 1.54. The van der Waals surface area contributed by atoms with Gasteiger partial charge in [-0.3, -0.25) is 4.90 Å². The first-order valence-corrected chi connectivity index (χ1v) is 8.88. The number of pyridine rings is 1. The molecule has 5 atom stereocenters. The van der Waals surface area contributed by atoms with Crippen LogP contribution in [-0.4, -0.2) is 87.4 Å². The van der Waals surface area contributed by atoms with Crippen molar-refractivity contribution in [3.05, 3.63) is 23.9 Å². The first-order chi connectivity index (χ1) is 12.7. The van der Waals surface area contributed by atoms with Crippen LogP contribution in [0.3, 0.4) is 0 Å². The van der Waals surface area contributed by atoms with Crippen LogP contribution in [0.5, 0.6) is 0 Å². The Morgan fingerprint density at radius 2 is 1.89 bits per heavy atom. The van der Waals surface area contributed by atoms with Crippen LogP contribution in [0, 0.1) is 5.92 Å². The number of rotatable bonds is 4. The summed E-state index contributed by atoms with van der Waals surface area (Å²) in [6.07, 6.45) is -6.30. The minimum absolute atomic E-state index is 0.0169. The highest BCUT2D eigenvalue weighted by atomic mass is 19.4. The van der Waals surface area contributed by atoms with E-state index < -0.39 is 36.1 Å². The minimum Gasteiger partial charge on any atom is -0.395 e. The van der Waals surface area contributed by atoms with Gasteiger partial charge in [-0.15, -0.1) is 0 Å². The summed E-state index contributed by atoms with van der Waals surface area (Å²) in [5.41, 5.74) is -0.772. The lowest BCUT2D eigenvalue weighted by Gasteiger charge is -2.44. The highest BCUT2D eigenvalue weighted by Gasteiger charge is 2.43. The predicted molar refractivity (Wildman–Crippen MR) is 90.0 cm³/mol. The van der Waals surface area contributed by atoms with E-state index in [-0.39, 0.29) is 24.9 Å². The van der Waals surface area contributed by atoms with E-state index in [1.807, 2.05) is 0 Å². The van der Waals surface area contributed by atoms with Gasteiger partial charge in [0.15, 0.2) is 0 Å². The Morgan fingerprint density at radius 3 is 2.56 bits per heavy atom. The second kappa shape index (κ2) is 7.88. The van der Waals surface area contributed by atoms with Crippen molar-refractivity contribution < 1.29 is 33.6 Å². The summed E-state index contributed by atoms with van der Waals surface area (Å²) in [4.78, 5) is 7.20. The molecule has 1 aromatic rings. The molecule has 4 N–H and O–H groups in total. The molecule has 7 nitrogen and oxygen atoms in total. The molecule has 3 rings (SSSR count). The minimum atomic E-state index is -4.49. The fourth-order valence-electron chi connectivity index (χ4n) is 3.96. The summed E-state index contributed by atoms with van der Waals surface area (Å²) in [5.74, 6) is -0.114. The van der Waals surface area contributed by atoms with E-state index in [2.05, 4.69) is 4.98 Å². The molecule has 1 aromatic heterocycles. The number of halogens is 3. The van der Waals surface area contributed by atoms with Crippen LogP contribution in [0.15, 0.2) is 18.3 Å². The Balaban J connectivity index is 1.69. The number of aliphatic hydroxyl groups is 4. The van der Waals surface area contributed by atoms with Crippen molar-refractivity contribution in [2.75, 3.05) is 37.7 Å². The first-order valence-electron chi connectivity index (χ1n) is 8.88. The normalized spacial score (nSPS) is 32.9. The van der Waals surface area contributed by atoms with Crippen molar-refractivity contribution >= 4 is 5.82 Å². The van der Waals surface area contributed by atoms with Crippen molar-refractivity contribution in [2.24, 2.45) is 5.92 Å². The van der Waals surface area contributed by atoms with Gasteiger partial charge in [0.1, 0.15) is 18.0 Å². The molecule has 3 heterocycles. The molecule has 0 aliphatic carbocycles. The number of nitrogens with zero attached hydrogens (tertiary/aromatic N) is 3. The summed E-state index contributed by atoms with van der Waals surface area (Å²) < 4.78 is 39.6. The van der Waals surface area contributed by atoms with Gasteiger partial charge >= 0.3 is 6.18 Å². The van der Waals surface area contributed by atoms with Crippen molar-refractivity contribution in [1.29, 1.82) is 0 Å². The third-order valence-corrected chi connectivity index (χ3v) is 5.39. The highest BCUT2D eigenvalue weighted by Crippen LogP contribution is 2.37. The van der Waals surface area contributed by atoms with E-state index in [0.29, 0.717) is 26.1 Å². The Labute approximate surface area is 154 Å². The molecule has 4 unspecified atom stereocenters. The molecule has 27 heavy (non-hydrogen) atoms. The van der Waals surface area contributed by atoms with Crippen molar-refractivity contribution in [3.8, 4) is 0 Å². The standard InChI is InChI=1S/C17H24F3N3O4/c18-17(19,20)11-2-1-4-21-16(11)22-5-3-10(6-22)7-23-8-13(25)15(27)14(26)12(23)9-24/h1-2,4,10,12-15,24-27H,3,5-9H2/t10-,12?,13?,14?,15?/m1/s1. The fraction of sp³-hybridized carbons (Fsp3) is 0.706. The quantitative estimate of drug-likeness (QED) is 0.559. The molecule has 2 aliphatic heterocycles. The van der Waals surface area contributed by atoms with E-state index in [9.17, 15) is 33.6 Å². The van der Waals surface area contributed by atoms with E-state index >= 15 is 0 Å². The van der Waals surface area contributed by atoms with Crippen LogP contribution in [-0.2, 0) is 6.18 Å². The number of hydrogen-bond donors (Lipinski definition) is 4. The zero-order chi connectivity index (χ0) is 19.8. The average Bonchev–Trinajstić information content (AvgIpc) is 3.08. The lowest BCUT2D eigenvalue weighted by molar-refractivity contribution is -0.147. The summed E-state index contributed by atoms with van der Waals surface area (Å²) in [5, 5.41) is 39.2. The van der Waals surface area contributed by atoms with Gasteiger partial charge in [-0.25, -0.2) is 4.98 Å². The van der Waals surface area contributed by atoms with Gasteiger partial charge in [-0.1, -0.05) is 0 Å². The number of aliphatic hydroxyl groups excluding tert-OH is 4. The van der Waals surface area contributed by atoms with E-state index in [1.165, 1.54) is 12.3 Å². The number of alkyl halides is 3. The van der Waals surface area contributed by atoms with Crippen molar-refractivity contribution in [2.45, 2.75) is 37.0 Å². The lowest BCUT2D eigenvalue weighted by Crippen LogP contribution is -2.63. The molecule has 0 saturated carbocycles. The van der Waals surface area contributed by atoms with Gasteiger partial charge < -0.3 is 25.3 Å². The molecule has 2 fully saturated rings. The second-order valence-electron chi connectivity index (χ2n) is 7.23. The summed E-state index contributed by atoms with van der Waals surface area (Å²) >= 11 is 0. The maximum Gasteiger partial charge on any atom is 0.419 e. The zero-order valence-electron chi connectivity index (χ0n) is 14.6. The Morgan fingerprint density at radius 1 is 1.15 bits per heavy atom. The van der Waals surface area contributed by atoms with Crippen LogP contribution in [0.4, 0.5) is 19.0 Å². The summed E-state index contributed by atoms with van der Waals surface area (Å²) in [6.45, 7) is 0.841. The molecule has 0 radical (unpaired) electrons. The molecule has 2 saturated heterocycles. The predicted octanol–water partition coefficient (Wildman–Crippen LogP) is -0.314. The number of aromatic nitrogens is 1. The maximum atomic E-state index is 13.2. The molecule has 10 heteroatoms. The van der Waals surface area contributed by atoms with E-state index in [1.54, 1.807) is 9.80 Å². The average molecular weight is 391 g/mol. The van der Waals surface area contributed by atoms with E-state index in [4.69, 9.17) is 0 Å². The molecule has 0 aromatic carbocycles. The largest absolute Gasteiger partial charge is 0.419 e.